The van der Waals surface area contributed by atoms with E-state index in [1.54, 1.807) is 6.07 Å². The average Bonchev–Trinajstić information content (AvgIpc) is 2.68. The number of nitrogens with one attached hydrogen (secondary N) is 1. The van der Waals surface area contributed by atoms with E-state index in [-0.39, 0.29) is 0 Å². The van der Waals surface area contributed by atoms with E-state index in [1.165, 1.54) is 5.69 Å². The molecule has 1 aromatic carbocycles. The highest BCUT2D eigenvalue weighted by atomic mass is 16.3. The largest absolute Gasteiger partial charge is 0.508 e. The van der Waals surface area contributed by atoms with Crippen molar-refractivity contribution < 1.29 is 5.11 Å². The third-order valence-corrected chi connectivity index (χ3v) is 3.78. The fraction of sp³-hybridized carbons (Fsp3) is 0.571. The van der Waals surface area contributed by atoms with E-state index in [0.29, 0.717) is 17.8 Å². The zero-order chi connectivity index (χ0) is 12.4. The molecule has 3 nitrogen and oxygen atoms in total. The Morgan fingerprint density at radius 2 is 2.29 bits per heavy atom. The van der Waals surface area contributed by atoms with Crippen molar-refractivity contribution in [3.63, 3.8) is 0 Å². The summed E-state index contributed by atoms with van der Waals surface area (Å²) in [4.78, 5) is 2.41. The Kier molecular flexibility index (Phi) is 3.57. The van der Waals surface area contributed by atoms with Crippen LogP contribution in [0.2, 0.25) is 0 Å². The van der Waals surface area contributed by atoms with Crippen molar-refractivity contribution in [2.45, 2.75) is 38.8 Å². The van der Waals surface area contributed by atoms with Gasteiger partial charge in [0.25, 0.3) is 0 Å². The molecule has 2 unspecified atom stereocenters. The van der Waals surface area contributed by atoms with Crippen molar-refractivity contribution in [3.05, 3.63) is 23.8 Å². The molecule has 0 spiro atoms. The van der Waals surface area contributed by atoms with Crippen molar-refractivity contribution in [1.82, 2.24) is 5.32 Å². The maximum atomic E-state index is 9.91. The third kappa shape index (κ3) is 2.25. The van der Waals surface area contributed by atoms with Gasteiger partial charge in [0.2, 0.25) is 0 Å². The van der Waals surface area contributed by atoms with Crippen LogP contribution in [0.1, 0.15) is 25.8 Å². The molecule has 0 fully saturated rings. The first-order valence-electron chi connectivity index (χ1n) is 6.42. The van der Waals surface area contributed by atoms with Crippen LogP contribution in [0.5, 0.6) is 5.75 Å². The molecule has 0 radical (unpaired) electrons. The molecule has 0 aliphatic carbocycles. The van der Waals surface area contributed by atoms with E-state index >= 15 is 0 Å². The van der Waals surface area contributed by atoms with Gasteiger partial charge in [0, 0.05) is 29.9 Å². The molecule has 1 aromatic rings. The number of fused-ring (bicyclic) bond motifs is 1. The van der Waals surface area contributed by atoms with E-state index < -0.39 is 0 Å². The van der Waals surface area contributed by atoms with Crippen LogP contribution < -0.4 is 10.2 Å². The highest BCUT2D eigenvalue weighted by Crippen LogP contribution is 2.38. The normalized spacial score (nSPS) is 20.4. The molecule has 0 amide bonds. The van der Waals surface area contributed by atoms with Crippen molar-refractivity contribution >= 4 is 5.69 Å². The summed E-state index contributed by atoms with van der Waals surface area (Å²) < 4.78 is 0. The highest BCUT2D eigenvalue weighted by Gasteiger charge is 2.30. The number of aromatic hydroxyl groups is 1. The molecule has 1 aliphatic heterocycles. The van der Waals surface area contributed by atoms with Crippen LogP contribution in [-0.2, 0) is 6.42 Å². The molecule has 17 heavy (non-hydrogen) atoms. The van der Waals surface area contributed by atoms with E-state index in [0.717, 1.165) is 24.9 Å². The topological polar surface area (TPSA) is 35.5 Å². The van der Waals surface area contributed by atoms with E-state index in [4.69, 9.17) is 0 Å². The second kappa shape index (κ2) is 4.96. The van der Waals surface area contributed by atoms with Gasteiger partial charge in [-0.1, -0.05) is 6.07 Å². The number of hydrogen-bond acceptors (Lipinski definition) is 3. The lowest BCUT2D eigenvalue weighted by Gasteiger charge is -2.28. The summed E-state index contributed by atoms with van der Waals surface area (Å²) in [5.41, 5.74) is 2.32. The fourth-order valence-corrected chi connectivity index (χ4v) is 2.75. The van der Waals surface area contributed by atoms with E-state index in [2.05, 4.69) is 30.1 Å². The van der Waals surface area contributed by atoms with Crippen LogP contribution in [0.15, 0.2) is 18.2 Å². The fourth-order valence-electron chi connectivity index (χ4n) is 2.75. The standard InChI is InChI=1S/C14H22N2O/c1-4-16-11(8-10(2)15-3)9-12-13(16)6-5-7-14(12)17/h5-7,10-11,15,17H,4,8-9H2,1-3H3. The van der Waals surface area contributed by atoms with Gasteiger partial charge in [-0.3, -0.25) is 0 Å². The van der Waals surface area contributed by atoms with Crippen molar-refractivity contribution in [2.75, 3.05) is 18.5 Å². The van der Waals surface area contributed by atoms with Crippen LogP contribution in [0.3, 0.4) is 0 Å². The van der Waals surface area contributed by atoms with E-state index in [9.17, 15) is 5.11 Å². The number of anilines is 1. The summed E-state index contributed by atoms with van der Waals surface area (Å²) >= 11 is 0. The number of hydrogen-bond donors (Lipinski definition) is 2. The molecular formula is C14H22N2O. The van der Waals surface area contributed by atoms with Crippen LogP contribution in [0.4, 0.5) is 5.69 Å². The van der Waals surface area contributed by atoms with Gasteiger partial charge >= 0.3 is 0 Å². The molecule has 0 aromatic heterocycles. The Morgan fingerprint density at radius 1 is 1.53 bits per heavy atom. The summed E-state index contributed by atoms with van der Waals surface area (Å²) in [5.74, 6) is 0.445. The quantitative estimate of drug-likeness (QED) is 0.838. The Bertz CT molecular complexity index is 392. The van der Waals surface area contributed by atoms with Crippen LogP contribution >= 0.6 is 0 Å². The van der Waals surface area contributed by atoms with Gasteiger partial charge in [-0.15, -0.1) is 0 Å². The second-order valence-electron chi connectivity index (χ2n) is 4.84. The molecular weight excluding hydrogens is 212 g/mol. The Hall–Kier alpha value is -1.22. The minimum atomic E-state index is 0.445. The molecule has 1 aliphatic rings. The number of rotatable bonds is 4. The van der Waals surface area contributed by atoms with Crippen LogP contribution in [0, 0.1) is 0 Å². The van der Waals surface area contributed by atoms with Crippen LogP contribution in [0.25, 0.3) is 0 Å². The summed E-state index contributed by atoms with van der Waals surface area (Å²) in [5, 5.41) is 13.2. The molecule has 2 atom stereocenters. The van der Waals surface area contributed by atoms with Gasteiger partial charge in [-0.05, 0) is 45.9 Å². The van der Waals surface area contributed by atoms with E-state index in [1.807, 2.05) is 13.1 Å². The lowest BCUT2D eigenvalue weighted by molar-refractivity contribution is 0.459. The van der Waals surface area contributed by atoms with Gasteiger partial charge in [-0.2, -0.15) is 0 Å². The molecule has 0 saturated carbocycles. The lowest BCUT2D eigenvalue weighted by Crippen LogP contribution is -2.37. The number of benzene rings is 1. The Balaban J connectivity index is 2.22. The summed E-state index contributed by atoms with van der Waals surface area (Å²) in [7, 11) is 2.00. The van der Waals surface area contributed by atoms with Crippen LogP contribution in [-0.4, -0.2) is 30.8 Å². The Labute approximate surface area is 103 Å². The highest BCUT2D eigenvalue weighted by molar-refractivity contribution is 5.64. The molecule has 2 rings (SSSR count). The van der Waals surface area contributed by atoms with Gasteiger partial charge in [0.1, 0.15) is 5.75 Å². The third-order valence-electron chi connectivity index (χ3n) is 3.78. The number of nitrogens with zero attached hydrogens (tertiary/aromatic N) is 1. The molecule has 94 valence electrons. The number of likely N-dealkylation sites (N-methyl/N-ethyl adjacent to an activating group) is 1. The van der Waals surface area contributed by atoms with Gasteiger partial charge < -0.3 is 15.3 Å². The predicted octanol–water partition coefficient (Wildman–Crippen LogP) is 2.14. The monoisotopic (exact) mass is 234 g/mol. The Morgan fingerprint density at radius 3 is 2.94 bits per heavy atom. The molecule has 1 heterocycles. The van der Waals surface area contributed by atoms with Crippen molar-refractivity contribution in [1.29, 1.82) is 0 Å². The lowest BCUT2D eigenvalue weighted by atomic mass is 10.0. The summed E-state index contributed by atoms with van der Waals surface area (Å²) in [6.07, 6.45) is 2.07. The van der Waals surface area contributed by atoms with Crippen molar-refractivity contribution in [2.24, 2.45) is 0 Å². The molecule has 0 saturated heterocycles. The first kappa shape index (κ1) is 12.2. The number of phenolic OH excluding ortho intramolecular Hbond substituents is 1. The maximum absolute atomic E-state index is 9.91. The molecule has 3 heteroatoms. The van der Waals surface area contributed by atoms with Gasteiger partial charge in [0.15, 0.2) is 0 Å². The SMILES string of the molecule is CCN1c2cccc(O)c2CC1CC(C)NC. The zero-order valence-corrected chi connectivity index (χ0v) is 10.9. The molecule has 2 N–H and O–H groups in total. The molecule has 0 bridgehead atoms. The smallest absolute Gasteiger partial charge is 0.120 e. The summed E-state index contributed by atoms with van der Waals surface area (Å²) in [6, 6.07) is 6.84. The van der Waals surface area contributed by atoms with Crippen molar-refractivity contribution in [3.8, 4) is 5.75 Å². The average molecular weight is 234 g/mol. The minimum absolute atomic E-state index is 0.445. The predicted molar refractivity (Wildman–Crippen MR) is 71.8 cm³/mol. The minimum Gasteiger partial charge on any atom is -0.508 e. The second-order valence-corrected chi connectivity index (χ2v) is 4.84. The first-order chi connectivity index (χ1) is 8.17. The maximum Gasteiger partial charge on any atom is 0.120 e. The van der Waals surface area contributed by atoms with Gasteiger partial charge in [-0.25, -0.2) is 0 Å². The summed E-state index contributed by atoms with van der Waals surface area (Å²) in [6.45, 7) is 5.38. The zero-order valence-electron chi connectivity index (χ0n) is 10.9. The first-order valence-corrected chi connectivity index (χ1v) is 6.42. The van der Waals surface area contributed by atoms with Gasteiger partial charge in [0.05, 0.1) is 0 Å². The number of phenols is 1.